The van der Waals surface area contributed by atoms with E-state index in [9.17, 15) is 19.2 Å². The first-order valence-corrected chi connectivity index (χ1v) is 12.3. The molecule has 1 fully saturated rings. The van der Waals surface area contributed by atoms with Gasteiger partial charge < -0.3 is 29.2 Å². The lowest BCUT2D eigenvalue weighted by molar-refractivity contribution is -0.156. The van der Waals surface area contributed by atoms with Gasteiger partial charge in [0.05, 0.1) is 13.1 Å². The van der Waals surface area contributed by atoms with Crippen LogP contribution in [-0.2, 0) is 23.9 Å². The molecule has 34 heavy (non-hydrogen) atoms. The highest BCUT2D eigenvalue weighted by Gasteiger charge is 2.21. The van der Waals surface area contributed by atoms with Gasteiger partial charge >= 0.3 is 11.9 Å². The fourth-order valence-corrected chi connectivity index (χ4v) is 3.88. The predicted molar refractivity (Wildman–Crippen MR) is 130 cm³/mol. The first-order valence-electron chi connectivity index (χ1n) is 12.3. The number of unbranched alkanes of at least 4 members (excludes halogenated alkanes) is 1. The molecule has 0 atom stereocenters. The van der Waals surface area contributed by atoms with Gasteiger partial charge in [0.15, 0.2) is 0 Å². The third kappa shape index (κ3) is 15.1. The smallest absolute Gasteiger partial charge is 0.320 e. The molecule has 0 amide bonds. The van der Waals surface area contributed by atoms with E-state index in [1.165, 1.54) is 0 Å². The van der Waals surface area contributed by atoms with Gasteiger partial charge in [0.2, 0.25) is 0 Å². The Morgan fingerprint density at radius 3 is 1.76 bits per heavy atom. The van der Waals surface area contributed by atoms with E-state index in [0.29, 0.717) is 52.1 Å². The summed E-state index contributed by atoms with van der Waals surface area (Å²) < 4.78 is 5.51. The monoisotopic (exact) mass is 484 g/mol. The SMILES string of the molecule is CC(C)(C)OC(=O)CN1CCN(CC=O)CCN(CCCC=O)CCN(CCCC(=O)O)CC1. The van der Waals surface area contributed by atoms with Crippen molar-refractivity contribution in [1.82, 2.24) is 19.6 Å². The molecule has 0 spiro atoms. The molecule has 0 aromatic rings. The number of aliphatic carboxylic acids is 1. The van der Waals surface area contributed by atoms with Crippen LogP contribution in [0.15, 0.2) is 0 Å². The van der Waals surface area contributed by atoms with Gasteiger partial charge in [-0.1, -0.05) is 0 Å². The molecule has 1 saturated heterocycles. The van der Waals surface area contributed by atoms with Gasteiger partial charge in [-0.15, -0.1) is 0 Å². The fourth-order valence-electron chi connectivity index (χ4n) is 3.88. The highest BCUT2D eigenvalue weighted by Crippen LogP contribution is 2.08. The lowest BCUT2D eigenvalue weighted by Crippen LogP contribution is -2.48. The number of aldehydes is 2. The minimum Gasteiger partial charge on any atom is -0.481 e. The van der Waals surface area contributed by atoms with E-state index in [2.05, 4.69) is 19.6 Å². The van der Waals surface area contributed by atoms with Crippen molar-refractivity contribution in [3.05, 3.63) is 0 Å². The zero-order valence-electron chi connectivity index (χ0n) is 21.2. The van der Waals surface area contributed by atoms with Crippen LogP contribution in [0.3, 0.4) is 0 Å². The van der Waals surface area contributed by atoms with E-state index in [1.54, 1.807) is 0 Å². The third-order valence-electron chi connectivity index (χ3n) is 5.70. The third-order valence-corrected chi connectivity index (χ3v) is 5.70. The Hall–Kier alpha value is -1.88. The summed E-state index contributed by atoms with van der Waals surface area (Å²) >= 11 is 0. The molecule has 1 N–H and O–H groups in total. The van der Waals surface area contributed by atoms with Gasteiger partial charge in [0.1, 0.15) is 18.2 Å². The number of esters is 1. The summed E-state index contributed by atoms with van der Waals surface area (Å²) in [5, 5.41) is 9.01. The van der Waals surface area contributed by atoms with Crippen LogP contribution in [0.25, 0.3) is 0 Å². The average Bonchev–Trinajstić information content (AvgIpc) is 2.73. The molecule has 10 nitrogen and oxygen atoms in total. The molecule has 0 aromatic carbocycles. The Morgan fingerprint density at radius 2 is 1.29 bits per heavy atom. The molecule has 1 heterocycles. The van der Waals surface area contributed by atoms with E-state index in [0.717, 1.165) is 51.7 Å². The first kappa shape index (κ1) is 30.2. The van der Waals surface area contributed by atoms with E-state index in [-0.39, 0.29) is 18.9 Å². The van der Waals surface area contributed by atoms with Crippen LogP contribution in [0.2, 0.25) is 0 Å². The lowest BCUT2D eigenvalue weighted by Gasteiger charge is -2.34. The van der Waals surface area contributed by atoms with Crippen LogP contribution in [0, 0.1) is 0 Å². The summed E-state index contributed by atoms with van der Waals surface area (Å²) in [6, 6.07) is 0. The number of carboxylic acids is 1. The number of nitrogens with zero attached hydrogens (tertiary/aromatic N) is 4. The number of rotatable bonds is 12. The van der Waals surface area contributed by atoms with Crippen LogP contribution in [0.5, 0.6) is 0 Å². The zero-order valence-corrected chi connectivity index (χ0v) is 21.2. The summed E-state index contributed by atoms with van der Waals surface area (Å²) in [5.74, 6) is -1.08. The highest BCUT2D eigenvalue weighted by molar-refractivity contribution is 5.72. The van der Waals surface area contributed by atoms with Crippen molar-refractivity contribution < 1.29 is 29.0 Å². The van der Waals surface area contributed by atoms with Crippen molar-refractivity contribution in [3.63, 3.8) is 0 Å². The van der Waals surface area contributed by atoms with Crippen molar-refractivity contribution >= 4 is 24.5 Å². The van der Waals surface area contributed by atoms with Gasteiger partial charge in [-0.05, 0) is 46.7 Å². The van der Waals surface area contributed by atoms with Crippen LogP contribution in [-0.4, -0.2) is 133 Å². The number of carboxylic acid groups (broad SMARTS) is 1. The molecule has 0 radical (unpaired) electrons. The van der Waals surface area contributed by atoms with Crippen molar-refractivity contribution in [2.45, 2.75) is 52.1 Å². The van der Waals surface area contributed by atoms with Crippen LogP contribution >= 0.6 is 0 Å². The van der Waals surface area contributed by atoms with Gasteiger partial charge in [-0.25, -0.2) is 0 Å². The quantitative estimate of drug-likeness (QED) is 0.240. The summed E-state index contributed by atoms with van der Waals surface area (Å²) in [6.07, 6.45) is 3.86. The highest BCUT2D eigenvalue weighted by atomic mass is 16.6. The number of hydrogen-bond donors (Lipinski definition) is 1. The number of carbonyl (C=O) groups is 4. The topological polar surface area (TPSA) is 111 Å². The fraction of sp³-hybridized carbons (Fsp3) is 0.833. The second-order valence-electron chi connectivity index (χ2n) is 9.82. The molecule has 0 saturated carbocycles. The van der Waals surface area contributed by atoms with Crippen molar-refractivity contribution in [3.8, 4) is 0 Å². The Kier molecular flexibility index (Phi) is 14.8. The molecule has 0 aliphatic carbocycles. The van der Waals surface area contributed by atoms with Gasteiger partial charge in [-0.2, -0.15) is 0 Å². The van der Waals surface area contributed by atoms with Crippen LogP contribution in [0.4, 0.5) is 0 Å². The van der Waals surface area contributed by atoms with E-state index < -0.39 is 11.6 Å². The van der Waals surface area contributed by atoms with Crippen molar-refractivity contribution in [2.75, 3.05) is 78.5 Å². The molecule has 1 aliphatic heterocycles. The number of hydrogen-bond acceptors (Lipinski definition) is 9. The molecular formula is C24H44N4O6. The summed E-state index contributed by atoms with van der Waals surface area (Å²) in [7, 11) is 0. The largest absolute Gasteiger partial charge is 0.481 e. The first-order chi connectivity index (χ1) is 16.1. The Labute approximate surface area is 204 Å². The Bertz CT molecular complexity index is 625. The van der Waals surface area contributed by atoms with E-state index >= 15 is 0 Å². The summed E-state index contributed by atoms with van der Waals surface area (Å²) in [5.41, 5.74) is -0.552. The Balaban J connectivity index is 2.89. The molecule has 0 unspecified atom stereocenters. The van der Waals surface area contributed by atoms with Gasteiger partial charge in [0, 0.05) is 65.2 Å². The van der Waals surface area contributed by atoms with Crippen LogP contribution in [0.1, 0.15) is 46.5 Å². The van der Waals surface area contributed by atoms with Gasteiger partial charge in [0.25, 0.3) is 0 Å². The number of ether oxygens (including phenoxy) is 1. The maximum Gasteiger partial charge on any atom is 0.320 e. The van der Waals surface area contributed by atoms with Crippen LogP contribution < -0.4 is 0 Å². The minimum atomic E-state index is -0.799. The molecule has 10 heteroatoms. The zero-order chi connectivity index (χ0) is 25.4. The summed E-state index contributed by atoms with van der Waals surface area (Å²) in [6.45, 7) is 13.2. The molecule has 0 aromatic heterocycles. The Morgan fingerprint density at radius 1 is 0.794 bits per heavy atom. The number of carbonyl (C=O) groups excluding carboxylic acids is 3. The van der Waals surface area contributed by atoms with Crippen molar-refractivity contribution in [1.29, 1.82) is 0 Å². The van der Waals surface area contributed by atoms with E-state index in [1.807, 2.05) is 20.8 Å². The maximum atomic E-state index is 12.5. The van der Waals surface area contributed by atoms with Gasteiger partial charge in [-0.3, -0.25) is 19.4 Å². The average molecular weight is 485 g/mol. The molecule has 1 aliphatic rings. The molecular weight excluding hydrogens is 440 g/mol. The molecule has 1 rings (SSSR count). The lowest BCUT2D eigenvalue weighted by atomic mass is 10.2. The molecule has 0 bridgehead atoms. The summed E-state index contributed by atoms with van der Waals surface area (Å²) in [4.78, 5) is 54.1. The molecule has 196 valence electrons. The normalized spacial score (nSPS) is 18.6. The second-order valence-corrected chi connectivity index (χ2v) is 9.82. The van der Waals surface area contributed by atoms with Crippen molar-refractivity contribution in [2.24, 2.45) is 0 Å². The maximum absolute atomic E-state index is 12.5. The standard InChI is InChI=1S/C24H44N4O6/c1-24(2,3)34-23(33)21-28-16-14-26(9-6-7-22(31)32)11-10-25(8-4-5-19-29)12-13-27(15-17-28)18-20-30/h19-20H,4-18,21H2,1-3H3,(H,31,32). The van der Waals surface area contributed by atoms with E-state index in [4.69, 9.17) is 9.84 Å². The predicted octanol–water partition coefficient (Wildman–Crippen LogP) is 0.593. The minimum absolute atomic E-state index is 0.127. The second kappa shape index (κ2) is 16.7.